The Bertz CT molecular complexity index is 114. The van der Waals surface area contributed by atoms with Crippen molar-refractivity contribution in [1.29, 1.82) is 0 Å². The molecule has 0 saturated carbocycles. The van der Waals surface area contributed by atoms with Crippen molar-refractivity contribution in [3.8, 4) is 0 Å². The first-order valence-corrected chi connectivity index (χ1v) is 4.19. The maximum atomic E-state index is 3.72. The van der Waals surface area contributed by atoms with Gasteiger partial charge in [0.15, 0.2) is 0 Å². The summed E-state index contributed by atoms with van der Waals surface area (Å²) in [5, 5.41) is 0. The second-order valence-corrected chi connectivity index (χ2v) is 3.10. The van der Waals surface area contributed by atoms with E-state index in [2.05, 4.69) is 18.4 Å². The number of hydrogen-bond acceptors (Lipinski definition) is 1. The van der Waals surface area contributed by atoms with E-state index >= 15 is 0 Å². The van der Waals surface area contributed by atoms with Crippen LogP contribution in [0, 0.1) is 0 Å². The Morgan fingerprint density at radius 1 is 1.64 bits per heavy atom. The summed E-state index contributed by atoms with van der Waals surface area (Å²) in [5.74, 6) is 0. The predicted octanol–water partition coefficient (Wildman–Crippen LogP) is 2.47. The van der Waals surface area contributed by atoms with E-state index in [0.717, 1.165) is 12.5 Å². The summed E-state index contributed by atoms with van der Waals surface area (Å²) in [6, 6.07) is 0.819. The average molecular weight is 176 g/mol. The molecule has 0 bridgehead atoms. The van der Waals surface area contributed by atoms with Crippen molar-refractivity contribution in [3.63, 3.8) is 0 Å². The van der Waals surface area contributed by atoms with E-state index in [1.807, 2.05) is 6.08 Å². The lowest BCUT2D eigenvalue weighted by Gasteiger charge is -2.19. The molecule has 1 heterocycles. The number of halogens is 1. The van der Waals surface area contributed by atoms with E-state index < -0.39 is 0 Å². The minimum Gasteiger partial charge on any atom is -0.300 e. The molecule has 1 aliphatic rings. The van der Waals surface area contributed by atoms with Gasteiger partial charge in [0.2, 0.25) is 0 Å². The van der Waals surface area contributed by atoms with Crippen LogP contribution in [0.1, 0.15) is 26.2 Å². The zero-order valence-electron chi connectivity index (χ0n) is 7.25. The smallest absolute Gasteiger partial charge is 0.00675 e. The Kier molecular flexibility index (Phi) is 5.61. The summed E-state index contributed by atoms with van der Waals surface area (Å²) < 4.78 is 0. The van der Waals surface area contributed by atoms with Crippen molar-refractivity contribution in [1.82, 2.24) is 4.90 Å². The standard InChI is InChI=1S/C9H17N.ClH/c1-3-4-7-10-8-5-6-9(10)2;/h3,9H,1,4-8H2,2H3;1H. The van der Waals surface area contributed by atoms with Gasteiger partial charge in [0.25, 0.3) is 0 Å². The monoisotopic (exact) mass is 175 g/mol. The van der Waals surface area contributed by atoms with Crippen molar-refractivity contribution in [2.75, 3.05) is 13.1 Å². The average Bonchev–Trinajstić information content (AvgIpc) is 2.31. The quantitative estimate of drug-likeness (QED) is 0.596. The Labute approximate surface area is 75.9 Å². The largest absolute Gasteiger partial charge is 0.300 e. The van der Waals surface area contributed by atoms with Gasteiger partial charge < -0.3 is 4.90 Å². The fraction of sp³-hybridized carbons (Fsp3) is 0.778. The number of likely N-dealkylation sites (tertiary alicyclic amines) is 1. The highest BCUT2D eigenvalue weighted by atomic mass is 35.5. The van der Waals surface area contributed by atoms with Crippen LogP contribution in [-0.4, -0.2) is 24.0 Å². The summed E-state index contributed by atoms with van der Waals surface area (Å²) in [5.41, 5.74) is 0. The predicted molar refractivity (Wildman–Crippen MR) is 52.3 cm³/mol. The van der Waals surface area contributed by atoms with Crippen LogP contribution < -0.4 is 0 Å². The molecular weight excluding hydrogens is 158 g/mol. The van der Waals surface area contributed by atoms with E-state index in [1.165, 1.54) is 25.9 Å². The molecule has 1 fully saturated rings. The lowest BCUT2D eigenvalue weighted by Crippen LogP contribution is -2.27. The SMILES string of the molecule is C=CCCN1CCCC1C.Cl. The molecule has 2 heteroatoms. The van der Waals surface area contributed by atoms with Gasteiger partial charge in [0, 0.05) is 12.6 Å². The van der Waals surface area contributed by atoms with Gasteiger partial charge in [0.1, 0.15) is 0 Å². The van der Waals surface area contributed by atoms with Gasteiger partial charge in [0.05, 0.1) is 0 Å². The number of rotatable bonds is 3. The topological polar surface area (TPSA) is 3.24 Å². The third-order valence-corrected chi connectivity index (χ3v) is 2.31. The third-order valence-electron chi connectivity index (χ3n) is 2.31. The number of hydrogen-bond donors (Lipinski definition) is 0. The van der Waals surface area contributed by atoms with Crippen LogP contribution in [0.2, 0.25) is 0 Å². The molecule has 0 spiro atoms. The van der Waals surface area contributed by atoms with Crippen LogP contribution in [0.3, 0.4) is 0 Å². The molecule has 0 aromatic heterocycles. The molecule has 1 unspecified atom stereocenters. The van der Waals surface area contributed by atoms with Gasteiger partial charge in [-0.25, -0.2) is 0 Å². The molecule has 66 valence electrons. The second-order valence-electron chi connectivity index (χ2n) is 3.10. The normalized spacial score (nSPS) is 24.6. The summed E-state index contributed by atoms with van der Waals surface area (Å²) in [6.45, 7) is 8.55. The molecule has 1 aliphatic heterocycles. The fourth-order valence-corrected chi connectivity index (χ4v) is 1.58. The van der Waals surface area contributed by atoms with Crippen molar-refractivity contribution >= 4 is 12.4 Å². The lowest BCUT2D eigenvalue weighted by molar-refractivity contribution is 0.274. The summed E-state index contributed by atoms with van der Waals surface area (Å²) in [6.07, 6.45) is 5.92. The summed E-state index contributed by atoms with van der Waals surface area (Å²) in [7, 11) is 0. The Morgan fingerprint density at radius 2 is 2.36 bits per heavy atom. The molecule has 0 aromatic carbocycles. The van der Waals surface area contributed by atoms with Crippen molar-refractivity contribution < 1.29 is 0 Å². The summed E-state index contributed by atoms with van der Waals surface area (Å²) >= 11 is 0. The minimum absolute atomic E-state index is 0. The van der Waals surface area contributed by atoms with Gasteiger partial charge >= 0.3 is 0 Å². The molecule has 11 heavy (non-hydrogen) atoms. The lowest BCUT2D eigenvalue weighted by atomic mass is 10.2. The van der Waals surface area contributed by atoms with E-state index in [9.17, 15) is 0 Å². The van der Waals surface area contributed by atoms with E-state index in [1.54, 1.807) is 0 Å². The molecule has 0 amide bonds. The molecular formula is C9H18ClN. The van der Waals surface area contributed by atoms with Gasteiger partial charge in [-0.1, -0.05) is 6.08 Å². The van der Waals surface area contributed by atoms with Gasteiger partial charge in [-0.05, 0) is 32.7 Å². The number of nitrogens with zero attached hydrogens (tertiary/aromatic N) is 1. The van der Waals surface area contributed by atoms with E-state index in [0.29, 0.717) is 0 Å². The minimum atomic E-state index is 0. The van der Waals surface area contributed by atoms with Crippen LogP contribution in [0.5, 0.6) is 0 Å². The highest BCUT2D eigenvalue weighted by Gasteiger charge is 2.18. The van der Waals surface area contributed by atoms with Crippen LogP contribution in [-0.2, 0) is 0 Å². The molecule has 0 N–H and O–H groups in total. The molecule has 1 atom stereocenters. The van der Waals surface area contributed by atoms with E-state index in [4.69, 9.17) is 0 Å². The molecule has 1 saturated heterocycles. The highest BCUT2D eigenvalue weighted by Crippen LogP contribution is 2.15. The van der Waals surface area contributed by atoms with Crippen molar-refractivity contribution in [2.45, 2.75) is 32.2 Å². The summed E-state index contributed by atoms with van der Waals surface area (Å²) in [4.78, 5) is 2.54. The second kappa shape index (κ2) is 5.62. The van der Waals surface area contributed by atoms with Crippen molar-refractivity contribution in [2.24, 2.45) is 0 Å². The van der Waals surface area contributed by atoms with Gasteiger partial charge in [-0.2, -0.15) is 0 Å². The first-order valence-electron chi connectivity index (χ1n) is 4.19. The van der Waals surface area contributed by atoms with Gasteiger partial charge in [-0.15, -0.1) is 19.0 Å². The van der Waals surface area contributed by atoms with Crippen molar-refractivity contribution in [3.05, 3.63) is 12.7 Å². The first kappa shape index (κ1) is 11.0. The Morgan fingerprint density at radius 3 is 2.82 bits per heavy atom. The fourth-order valence-electron chi connectivity index (χ4n) is 1.58. The zero-order valence-corrected chi connectivity index (χ0v) is 8.07. The van der Waals surface area contributed by atoms with Crippen LogP contribution in [0.15, 0.2) is 12.7 Å². The molecule has 1 nitrogen and oxygen atoms in total. The molecule has 1 rings (SSSR count). The molecule has 0 aliphatic carbocycles. The van der Waals surface area contributed by atoms with Crippen LogP contribution in [0.4, 0.5) is 0 Å². The van der Waals surface area contributed by atoms with Crippen LogP contribution >= 0.6 is 12.4 Å². The molecule has 0 aromatic rings. The highest BCUT2D eigenvalue weighted by molar-refractivity contribution is 5.85. The first-order chi connectivity index (χ1) is 4.84. The third kappa shape index (κ3) is 3.26. The maximum absolute atomic E-state index is 3.72. The van der Waals surface area contributed by atoms with Gasteiger partial charge in [-0.3, -0.25) is 0 Å². The van der Waals surface area contributed by atoms with E-state index in [-0.39, 0.29) is 12.4 Å². The maximum Gasteiger partial charge on any atom is 0.00675 e. The Hall–Kier alpha value is -0.0100. The molecule has 0 radical (unpaired) electrons. The Balaban J connectivity index is 0.000001000. The zero-order chi connectivity index (χ0) is 7.40. The van der Waals surface area contributed by atoms with Crippen LogP contribution in [0.25, 0.3) is 0 Å².